The van der Waals surface area contributed by atoms with Crippen LogP contribution in [0.3, 0.4) is 0 Å². The number of carbonyl (C=O) groups is 9. The van der Waals surface area contributed by atoms with Gasteiger partial charge >= 0.3 is 47.9 Å². The van der Waals surface area contributed by atoms with Crippen molar-refractivity contribution in [1.29, 1.82) is 0 Å². The highest BCUT2D eigenvalue weighted by molar-refractivity contribution is 5.95. The van der Waals surface area contributed by atoms with Crippen LogP contribution in [0.1, 0.15) is 98.3 Å². The average molecular weight is 971 g/mol. The first-order valence-electron chi connectivity index (χ1n) is 23.6. The highest BCUT2D eigenvalue weighted by atomic mass is 16.6. The van der Waals surface area contributed by atoms with Crippen LogP contribution < -0.4 is 10.6 Å². The van der Waals surface area contributed by atoms with E-state index in [1.54, 1.807) is 4.90 Å². The van der Waals surface area contributed by atoms with Gasteiger partial charge in [0.2, 0.25) is 5.91 Å². The maximum atomic E-state index is 13.7. The summed E-state index contributed by atoms with van der Waals surface area (Å²) in [5, 5.41) is 5.47. The number of ether oxygens (including phenoxy) is 7. The minimum atomic E-state index is -0.698. The number of hydrogen-bond donors (Lipinski definition) is 2. The van der Waals surface area contributed by atoms with Crippen LogP contribution in [0, 0.1) is 29.1 Å². The lowest BCUT2D eigenvalue weighted by atomic mass is 9.69. The Morgan fingerprint density at radius 1 is 0.609 bits per heavy atom. The van der Waals surface area contributed by atoms with Crippen molar-refractivity contribution in [3.05, 3.63) is 48.6 Å². The summed E-state index contributed by atoms with van der Waals surface area (Å²) in [7, 11) is 0. The van der Waals surface area contributed by atoms with Crippen LogP contribution in [-0.2, 0) is 66.7 Å². The number of esters is 6. The number of urea groups is 2. The number of epoxide rings is 1. The molecule has 4 fully saturated rings. The van der Waals surface area contributed by atoms with Gasteiger partial charge in [-0.15, -0.1) is 0 Å². The molecule has 1 heterocycles. The summed E-state index contributed by atoms with van der Waals surface area (Å²) >= 11 is 0. The number of imide groups is 1. The predicted octanol–water partition coefficient (Wildman–Crippen LogP) is 4.61. The normalized spacial score (nSPS) is 22.4. The van der Waals surface area contributed by atoms with Crippen molar-refractivity contribution in [2.45, 2.75) is 111 Å². The molecule has 382 valence electrons. The Morgan fingerprint density at radius 2 is 1.12 bits per heavy atom. The summed E-state index contributed by atoms with van der Waals surface area (Å²) in [5.74, 6) is -2.61. The monoisotopic (exact) mass is 970 g/mol. The second kappa shape index (κ2) is 26.6. The van der Waals surface area contributed by atoms with Gasteiger partial charge in [-0.3, -0.25) is 24.2 Å². The Balaban J connectivity index is 1.35. The highest BCUT2D eigenvalue weighted by Gasteiger charge is 2.60. The fourth-order valence-corrected chi connectivity index (χ4v) is 9.53. The topological polar surface area (TPSA) is 252 Å². The molecule has 69 heavy (non-hydrogen) atoms. The molecule has 2 bridgehead atoms. The van der Waals surface area contributed by atoms with Crippen molar-refractivity contribution in [1.82, 2.24) is 20.4 Å². The number of carbonyl (C=O) groups excluding carboxylic acids is 9. The first kappa shape index (κ1) is 55.5. The summed E-state index contributed by atoms with van der Waals surface area (Å²) in [6, 6.07) is -1.08. The Kier molecular flexibility index (Phi) is 21.4. The lowest BCUT2D eigenvalue weighted by Gasteiger charge is -2.37. The summed E-state index contributed by atoms with van der Waals surface area (Å²) < 4.78 is 36.4. The molecular formula is C49H70N4O16. The molecule has 0 radical (unpaired) electrons. The molecular weight excluding hydrogens is 901 g/mol. The number of nitrogens with zero attached hydrogens (tertiary/aromatic N) is 2. The summed E-state index contributed by atoms with van der Waals surface area (Å²) in [4.78, 5) is 115. The first-order chi connectivity index (χ1) is 32.7. The van der Waals surface area contributed by atoms with Crippen LogP contribution in [0.25, 0.3) is 0 Å². The second-order valence-electron chi connectivity index (χ2n) is 18.4. The molecule has 0 aromatic heterocycles. The molecule has 3 aliphatic carbocycles. The minimum absolute atomic E-state index is 0.0237. The SMILES string of the molecule is C=C(C)C(=O)OCCNC(=O)N(CCC12CCC(C1)C1CC(CCN(C(=O)NCCOC(=O)C(=C)C)C3O[C@@H]3CCC(=O)OCCOC(=O)C(=C)C)CC12)C(=O)CCC(=O)OCCOC(=O)C(=C)C. The van der Waals surface area contributed by atoms with Crippen molar-refractivity contribution in [2.75, 3.05) is 65.8 Å². The van der Waals surface area contributed by atoms with Gasteiger partial charge in [0.05, 0.1) is 19.5 Å². The summed E-state index contributed by atoms with van der Waals surface area (Å²) in [5.41, 5.74) is 0.749. The van der Waals surface area contributed by atoms with Gasteiger partial charge in [-0.05, 0) is 108 Å². The zero-order valence-corrected chi connectivity index (χ0v) is 40.6. The van der Waals surface area contributed by atoms with E-state index in [4.69, 9.17) is 33.2 Å². The zero-order valence-electron chi connectivity index (χ0n) is 40.6. The van der Waals surface area contributed by atoms with Gasteiger partial charge in [-0.25, -0.2) is 28.8 Å². The second-order valence-corrected chi connectivity index (χ2v) is 18.4. The van der Waals surface area contributed by atoms with Crippen LogP contribution in [0.15, 0.2) is 48.6 Å². The molecule has 1 saturated heterocycles. The molecule has 3 saturated carbocycles. The molecule has 0 aromatic carbocycles. The number of rotatable bonds is 29. The smallest absolute Gasteiger partial charge is 0.333 e. The van der Waals surface area contributed by atoms with Gasteiger partial charge < -0.3 is 43.8 Å². The standard InChI is InChI=1S/C49H70N4O16/c1-30(2)43(57)65-21-17-50-47(61)52(39(54)10-12-41(56)64-24-26-68-46(60)33(7)8)20-16-49-15-13-35(29-49)36-27-34(28-37(36)49)14-19-53(48(62)51-18-22-66-44(58)31(3)4)42-38(69-42)9-11-40(55)63-23-25-67-45(59)32(5)6/h34-38,42H,1,3,5,7,9-29H2,2,4,6,8H3,(H,50,61)(H,51,62)/t34?,35?,36?,37?,38-,42?,49?/m1/s1. The van der Waals surface area contributed by atoms with Crippen molar-refractivity contribution in [3.8, 4) is 0 Å². The van der Waals surface area contributed by atoms with Crippen molar-refractivity contribution in [3.63, 3.8) is 0 Å². The fourth-order valence-electron chi connectivity index (χ4n) is 9.53. The quantitative estimate of drug-likeness (QED) is 0.0341. The predicted molar refractivity (Wildman–Crippen MR) is 246 cm³/mol. The van der Waals surface area contributed by atoms with Crippen LogP contribution >= 0.6 is 0 Å². The summed E-state index contributed by atoms with van der Waals surface area (Å²) in [6.07, 6.45) is 4.76. The number of amides is 5. The van der Waals surface area contributed by atoms with E-state index in [1.807, 2.05) is 0 Å². The van der Waals surface area contributed by atoms with Crippen molar-refractivity contribution < 1.29 is 76.3 Å². The van der Waals surface area contributed by atoms with Crippen molar-refractivity contribution in [2.24, 2.45) is 29.1 Å². The van der Waals surface area contributed by atoms with E-state index in [0.717, 1.165) is 37.0 Å². The Morgan fingerprint density at radius 3 is 1.67 bits per heavy atom. The molecule has 20 nitrogen and oxygen atoms in total. The van der Waals surface area contributed by atoms with E-state index in [1.165, 1.54) is 27.7 Å². The molecule has 5 amide bonds. The molecule has 0 aromatic rings. The third-order valence-electron chi connectivity index (χ3n) is 13.0. The number of fused-ring (bicyclic) bond motifs is 5. The van der Waals surface area contributed by atoms with Gasteiger partial charge in [0, 0.05) is 48.2 Å². The molecule has 1 aliphatic heterocycles. The van der Waals surface area contributed by atoms with E-state index in [-0.39, 0.29) is 112 Å². The third kappa shape index (κ3) is 17.1. The average Bonchev–Trinajstić information content (AvgIpc) is 3.57. The maximum absolute atomic E-state index is 13.7. The van der Waals surface area contributed by atoms with Gasteiger partial charge in [-0.2, -0.15) is 0 Å². The van der Waals surface area contributed by atoms with E-state index < -0.39 is 66.1 Å². The van der Waals surface area contributed by atoms with E-state index in [0.29, 0.717) is 43.6 Å². The molecule has 20 heteroatoms. The minimum Gasteiger partial charge on any atom is -0.462 e. The molecule has 0 spiro atoms. The largest absolute Gasteiger partial charge is 0.462 e. The van der Waals surface area contributed by atoms with Gasteiger partial charge in [-0.1, -0.05) is 26.3 Å². The van der Waals surface area contributed by atoms with Crippen LogP contribution in [0.5, 0.6) is 0 Å². The fraction of sp³-hybridized carbons (Fsp3) is 0.653. The van der Waals surface area contributed by atoms with Crippen LogP contribution in [0.2, 0.25) is 0 Å². The first-order valence-corrected chi connectivity index (χ1v) is 23.6. The van der Waals surface area contributed by atoms with E-state index in [9.17, 15) is 43.2 Å². The number of nitrogens with one attached hydrogen (secondary N) is 2. The maximum Gasteiger partial charge on any atom is 0.333 e. The molecule has 7 atom stereocenters. The Hall–Kier alpha value is -6.05. The molecule has 4 rings (SSSR count). The Labute approximate surface area is 403 Å². The van der Waals surface area contributed by atoms with Crippen LogP contribution in [0.4, 0.5) is 9.59 Å². The zero-order chi connectivity index (χ0) is 50.8. The van der Waals surface area contributed by atoms with Gasteiger partial charge in [0.1, 0.15) is 45.7 Å². The highest BCUT2D eigenvalue weighted by Crippen LogP contribution is 2.68. The molecule has 6 unspecified atom stereocenters. The van der Waals surface area contributed by atoms with Crippen molar-refractivity contribution >= 4 is 53.8 Å². The lowest BCUT2D eigenvalue weighted by molar-refractivity contribution is -0.151. The van der Waals surface area contributed by atoms with Gasteiger partial charge in [0.15, 0.2) is 6.23 Å². The van der Waals surface area contributed by atoms with Gasteiger partial charge in [0.25, 0.3) is 0 Å². The summed E-state index contributed by atoms with van der Waals surface area (Å²) in [6.45, 7) is 19.8. The third-order valence-corrected chi connectivity index (χ3v) is 13.0. The number of hydrogen-bond acceptors (Lipinski definition) is 16. The molecule has 2 N–H and O–H groups in total. The molecule has 4 aliphatic rings. The van der Waals surface area contributed by atoms with E-state index >= 15 is 0 Å². The van der Waals surface area contributed by atoms with Crippen LogP contribution in [-0.4, -0.2) is 142 Å². The lowest BCUT2D eigenvalue weighted by Crippen LogP contribution is -2.46. The Bertz CT molecular complexity index is 1980. The van der Waals surface area contributed by atoms with E-state index in [2.05, 4.69) is 36.9 Å².